The quantitative estimate of drug-likeness (QED) is 0.635. The number of benzene rings is 1. The molecule has 0 aliphatic rings. The second-order valence-corrected chi connectivity index (χ2v) is 5.34. The van der Waals surface area contributed by atoms with Gasteiger partial charge in [-0.1, -0.05) is 12.1 Å². The third-order valence-corrected chi connectivity index (χ3v) is 3.49. The van der Waals surface area contributed by atoms with Crippen molar-refractivity contribution in [1.82, 2.24) is 10.6 Å². The average Bonchev–Trinajstić information content (AvgIpc) is 2.88. The lowest BCUT2D eigenvalue weighted by molar-refractivity contribution is 0.414. The van der Waals surface area contributed by atoms with Crippen molar-refractivity contribution >= 4 is 5.96 Å². The molecule has 0 radical (unpaired) electrons. The lowest BCUT2D eigenvalue weighted by Crippen LogP contribution is -2.36. The summed E-state index contributed by atoms with van der Waals surface area (Å²) in [5.74, 6) is 3.50. The molecule has 5 heteroatoms. The molecule has 124 valence electrons. The number of hydrogen-bond donors (Lipinski definition) is 2. The van der Waals surface area contributed by atoms with Gasteiger partial charge in [0.25, 0.3) is 0 Å². The predicted octanol–water partition coefficient (Wildman–Crippen LogP) is 3.16. The van der Waals surface area contributed by atoms with Crippen LogP contribution in [0.3, 0.4) is 0 Å². The van der Waals surface area contributed by atoms with Gasteiger partial charge in [0.15, 0.2) is 5.96 Å². The number of rotatable bonds is 6. The molecule has 1 aromatic heterocycles. The SMILES string of the molecule is CCNC(=NCc1cccc(OC)c1)NCc1cc(C)oc1C. The maximum absolute atomic E-state index is 5.55. The molecule has 5 nitrogen and oxygen atoms in total. The zero-order chi connectivity index (χ0) is 16.7. The summed E-state index contributed by atoms with van der Waals surface area (Å²) in [6, 6.07) is 9.99. The molecule has 2 rings (SSSR count). The van der Waals surface area contributed by atoms with E-state index in [1.807, 2.05) is 44.2 Å². The van der Waals surface area contributed by atoms with Gasteiger partial charge in [-0.25, -0.2) is 4.99 Å². The number of methoxy groups -OCH3 is 1. The molecule has 2 N–H and O–H groups in total. The van der Waals surface area contributed by atoms with Crippen molar-refractivity contribution < 1.29 is 9.15 Å². The van der Waals surface area contributed by atoms with Crippen LogP contribution in [0.15, 0.2) is 39.7 Å². The molecule has 1 heterocycles. The highest BCUT2D eigenvalue weighted by Gasteiger charge is 2.05. The number of nitrogens with one attached hydrogen (secondary N) is 2. The summed E-state index contributed by atoms with van der Waals surface area (Å²) in [6.45, 7) is 8.08. The minimum atomic E-state index is 0.593. The summed E-state index contributed by atoms with van der Waals surface area (Å²) < 4.78 is 10.8. The van der Waals surface area contributed by atoms with E-state index in [1.165, 1.54) is 0 Å². The van der Waals surface area contributed by atoms with Crippen LogP contribution in [0.4, 0.5) is 0 Å². The maximum Gasteiger partial charge on any atom is 0.191 e. The Labute approximate surface area is 137 Å². The van der Waals surface area contributed by atoms with Crippen molar-refractivity contribution in [3.8, 4) is 5.75 Å². The van der Waals surface area contributed by atoms with Gasteiger partial charge in [0.2, 0.25) is 0 Å². The summed E-state index contributed by atoms with van der Waals surface area (Å²) in [5.41, 5.74) is 2.26. The molecule has 0 unspecified atom stereocenters. The smallest absolute Gasteiger partial charge is 0.191 e. The van der Waals surface area contributed by atoms with E-state index >= 15 is 0 Å². The topological polar surface area (TPSA) is 58.8 Å². The van der Waals surface area contributed by atoms with Crippen molar-refractivity contribution in [3.05, 3.63) is 53.0 Å². The van der Waals surface area contributed by atoms with E-state index in [9.17, 15) is 0 Å². The highest BCUT2D eigenvalue weighted by Crippen LogP contribution is 2.14. The fourth-order valence-electron chi connectivity index (χ4n) is 2.32. The summed E-state index contributed by atoms with van der Waals surface area (Å²) in [7, 11) is 1.67. The van der Waals surface area contributed by atoms with E-state index in [0.717, 1.165) is 40.9 Å². The predicted molar refractivity (Wildman–Crippen MR) is 92.8 cm³/mol. The summed E-state index contributed by atoms with van der Waals surface area (Å²) in [5, 5.41) is 6.59. The Balaban J connectivity index is 2.00. The van der Waals surface area contributed by atoms with Crippen molar-refractivity contribution in [2.24, 2.45) is 4.99 Å². The first-order valence-electron chi connectivity index (χ1n) is 7.83. The number of nitrogens with zero attached hydrogens (tertiary/aromatic N) is 1. The van der Waals surface area contributed by atoms with E-state index in [1.54, 1.807) is 7.11 Å². The van der Waals surface area contributed by atoms with E-state index in [-0.39, 0.29) is 0 Å². The van der Waals surface area contributed by atoms with Crippen molar-refractivity contribution in [1.29, 1.82) is 0 Å². The molecule has 0 atom stereocenters. The van der Waals surface area contributed by atoms with Crippen LogP contribution in [-0.4, -0.2) is 19.6 Å². The van der Waals surface area contributed by atoms with Gasteiger partial charge in [0.1, 0.15) is 17.3 Å². The molecular formula is C18H25N3O2. The number of aryl methyl sites for hydroxylation is 2. The molecule has 0 aliphatic heterocycles. The molecule has 0 saturated carbocycles. The molecular weight excluding hydrogens is 290 g/mol. The highest BCUT2D eigenvalue weighted by molar-refractivity contribution is 5.79. The van der Waals surface area contributed by atoms with Gasteiger partial charge in [-0.3, -0.25) is 0 Å². The van der Waals surface area contributed by atoms with Gasteiger partial charge in [-0.2, -0.15) is 0 Å². The molecule has 0 bridgehead atoms. The van der Waals surface area contributed by atoms with Gasteiger partial charge in [0.05, 0.1) is 13.7 Å². The lowest BCUT2D eigenvalue weighted by atomic mass is 10.2. The molecule has 0 spiro atoms. The molecule has 0 fully saturated rings. The van der Waals surface area contributed by atoms with Gasteiger partial charge >= 0.3 is 0 Å². The Bertz CT molecular complexity index is 662. The van der Waals surface area contributed by atoms with Gasteiger partial charge in [-0.15, -0.1) is 0 Å². The minimum Gasteiger partial charge on any atom is -0.497 e. The minimum absolute atomic E-state index is 0.593. The monoisotopic (exact) mass is 315 g/mol. The standard InChI is InChI=1S/C18H25N3O2/c1-5-19-18(21-12-16-9-13(2)23-14(16)3)20-11-15-7-6-8-17(10-15)22-4/h6-10H,5,11-12H2,1-4H3,(H2,19,20,21). The Hall–Kier alpha value is -2.43. The fraction of sp³-hybridized carbons (Fsp3) is 0.389. The third kappa shape index (κ3) is 5.06. The fourth-order valence-corrected chi connectivity index (χ4v) is 2.32. The Kier molecular flexibility index (Phi) is 6.09. The molecule has 23 heavy (non-hydrogen) atoms. The first-order chi connectivity index (χ1) is 11.1. The van der Waals surface area contributed by atoms with Gasteiger partial charge < -0.3 is 19.8 Å². The van der Waals surface area contributed by atoms with E-state index < -0.39 is 0 Å². The molecule has 0 aliphatic carbocycles. The van der Waals surface area contributed by atoms with Crippen LogP contribution in [-0.2, 0) is 13.1 Å². The Morgan fingerprint density at radius 2 is 2.04 bits per heavy atom. The second kappa shape index (κ2) is 8.27. The van der Waals surface area contributed by atoms with E-state index in [0.29, 0.717) is 13.1 Å². The van der Waals surface area contributed by atoms with Crippen LogP contribution in [0.2, 0.25) is 0 Å². The van der Waals surface area contributed by atoms with Crippen LogP contribution in [0.25, 0.3) is 0 Å². The second-order valence-electron chi connectivity index (χ2n) is 5.34. The van der Waals surface area contributed by atoms with Crippen LogP contribution >= 0.6 is 0 Å². The number of ether oxygens (including phenoxy) is 1. The normalized spacial score (nSPS) is 11.4. The van der Waals surface area contributed by atoms with E-state index in [4.69, 9.17) is 9.15 Å². The highest BCUT2D eigenvalue weighted by atomic mass is 16.5. The van der Waals surface area contributed by atoms with Crippen molar-refractivity contribution in [2.75, 3.05) is 13.7 Å². The van der Waals surface area contributed by atoms with Gasteiger partial charge in [0, 0.05) is 18.7 Å². The Morgan fingerprint density at radius 3 is 2.70 bits per heavy atom. The zero-order valence-corrected chi connectivity index (χ0v) is 14.3. The largest absolute Gasteiger partial charge is 0.497 e. The zero-order valence-electron chi connectivity index (χ0n) is 14.3. The number of aliphatic imine (C=N–C) groups is 1. The lowest BCUT2D eigenvalue weighted by Gasteiger charge is -2.11. The molecule has 0 amide bonds. The van der Waals surface area contributed by atoms with Crippen LogP contribution < -0.4 is 15.4 Å². The van der Waals surface area contributed by atoms with Crippen molar-refractivity contribution in [3.63, 3.8) is 0 Å². The number of guanidine groups is 1. The van der Waals surface area contributed by atoms with E-state index in [2.05, 4.69) is 22.5 Å². The van der Waals surface area contributed by atoms with Gasteiger partial charge in [-0.05, 0) is 44.5 Å². The maximum atomic E-state index is 5.55. The molecule has 2 aromatic rings. The first-order valence-corrected chi connectivity index (χ1v) is 7.83. The first kappa shape index (κ1) is 16.9. The number of furan rings is 1. The van der Waals surface area contributed by atoms with Crippen LogP contribution in [0, 0.1) is 13.8 Å². The van der Waals surface area contributed by atoms with Crippen molar-refractivity contribution in [2.45, 2.75) is 33.9 Å². The summed E-state index contributed by atoms with van der Waals surface area (Å²) in [4.78, 5) is 4.62. The average molecular weight is 315 g/mol. The summed E-state index contributed by atoms with van der Waals surface area (Å²) >= 11 is 0. The third-order valence-electron chi connectivity index (χ3n) is 3.49. The Morgan fingerprint density at radius 1 is 1.22 bits per heavy atom. The van der Waals surface area contributed by atoms with Crippen LogP contribution in [0.1, 0.15) is 29.6 Å². The number of hydrogen-bond acceptors (Lipinski definition) is 3. The molecule has 0 saturated heterocycles. The summed E-state index contributed by atoms with van der Waals surface area (Å²) in [6.07, 6.45) is 0. The van der Waals surface area contributed by atoms with Crippen LogP contribution in [0.5, 0.6) is 5.75 Å². The molecule has 1 aromatic carbocycles.